The minimum absolute atomic E-state index is 0.531. The van der Waals surface area contributed by atoms with Crippen molar-refractivity contribution in [3.05, 3.63) is 42.5 Å². The first-order chi connectivity index (χ1) is 12.8. The second-order valence-electron chi connectivity index (χ2n) is 6.89. The summed E-state index contributed by atoms with van der Waals surface area (Å²) < 4.78 is 0. The van der Waals surface area contributed by atoms with Gasteiger partial charge in [0, 0.05) is 21.4 Å². The molecule has 3 heterocycles. The van der Waals surface area contributed by atoms with Gasteiger partial charge in [0.25, 0.3) is 0 Å². The molecule has 1 N–H and O–H groups in total. The van der Waals surface area contributed by atoms with E-state index in [1.165, 1.54) is 34.0 Å². The quantitative estimate of drug-likeness (QED) is 0.750. The Kier molecular flexibility index (Phi) is 3.90. The van der Waals surface area contributed by atoms with Crippen molar-refractivity contribution < 1.29 is 0 Å². The predicted molar refractivity (Wildman–Crippen MR) is 103 cm³/mol. The minimum Gasteiger partial charge on any atom is -0.336 e. The highest BCUT2D eigenvalue weighted by atomic mass is 32.2. The fraction of sp³-hybridized carbons (Fsp3) is 0.316. The summed E-state index contributed by atoms with van der Waals surface area (Å²) in [5.41, 5.74) is 3.61. The average Bonchev–Trinajstić information content (AvgIpc) is 3.21. The van der Waals surface area contributed by atoms with E-state index in [9.17, 15) is 0 Å². The largest absolute Gasteiger partial charge is 0.336 e. The number of aromatic amines is 1. The van der Waals surface area contributed by atoms with E-state index in [-0.39, 0.29) is 0 Å². The van der Waals surface area contributed by atoms with Crippen LogP contribution in [0.15, 0.2) is 52.3 Å². The average molecular weight is 364 g/mol. The molecule has 0 aliphatic carbocycles. The number of benzene rings is 2. The third-order valence-electron chi connectivity index (χ3n) is 5.22. The third kappa shape index (κ3) is 2.68. The van der Waals surface area contributed by atoms with Crippen molar-refractivity contribution in [2.24, 2.45) is 0 Å². The molecular weight excluding hydrogens is 344 g/mol. The molecule has 26 heavy (non-hydrogen) atoms. The molecule has 0 bridgehead atoms. The number of tetrazole rings is 1. The van der Waals surface area contributed by atoms with Gasteiger partial charge in [0.05, 0.1) is 11.4 Å². The summed E-state index contributed by atoms with van der Waals surface area (Å²) in [5, 5.41) is 14.5. The number of likely N-dealkylation sites (tertiary alicyclic amines) is 1. The van der Waals surface area contributed by atoms with E-state index < -0.39 is 0 Å². The van der Waals surface area contributed by atoms with Crippen LogP contribution >= 0.6 is 11.8 Å². The summed E-state index contributed by atoms with van der Waals surface area (Å²) in [5.74, 6) is 0.637. The number of anilines is 2. The molecule has 0 saturated carbocycles. The number of para-hydroxylation sites is 1. The summed E-state index contributed by atoms with van der Waals surface area (Å²) in [6, 6.07) is 15.7. The molecule has 0 unspecified atom stereocenters. The van der Waals surface area contributed by atoms with Crippen LogP contribution in [0, 0.1) is 0 Å². The first kappa shape index (κ1) is 15.8. The Bertz CT molecular complexity index is 918. The van der Waals surface area contributed by atoms with E-state index in [2.05, 4.69) is 79.9 Å². The zero-order chi connectivity index (χ0) is 17.5. The van der Waals surface area contributed by atoms with E-state index in [1.54, 1.807) is 0 Å². The number of fused-ring (bicyclic) bond motifs is 2. The van der Waals surface area contributed by atoms with Crippen molar-refractivity contribution >= 4 is 23.1 Å². The predicted octanol–water partition coefficient (Wildman–Crippen LogP) is 3.56. The second kappa shape index (κ2) is 6.41. The lowest BCUT2D eigenvalue weighted by Crippen LogP contribution is -2.42. The van der Waals surface area contributed by atoms with E-state index in [1.807, 2.05) is 11.8 Å². The van der Waals surface area contributed by atoms with Crippen molar-refractivity contribution in [2.75, 3.05) is 25.0 Å². The zero-order valence-corrected chi connectivity index (χ0v) is 15.4. The van der Waals surface area contributed by atoms with Gasteiger partial charge in [-0.2, -0.15) is 5.21 Å². The summed E-state index contributed by atoms with van der Waals surface area (Å²) in [6.07, 6.45) is 2.36. The van der Waals surface area contributed by atoms with Gasteiger partial charge < -0.3 is 9.80 Å². The van der Waals surface area contributed by atoms with Crippen LogP contribution in [0.4, 0.5) is 11.4 Å². The lowest BCUT2D eigenvalue weighted by atomic mass is 10.0. The van der Waals surface area contributed by atoms with Gasteiger partial charge in [0.15, 0.2) is 0 Å². The first-order valence-electron chi connectivity index (χ1n) is 8.92. The molecule has 2 aromatic carbocycles. The number of hydrogen-bond donors (Lipinski definition) is 1. The molecule has 2 aliphatic rings. The van der Waals surface area contributed by atoms with Crippen molar-refractivity contribution in [1.82, 2.24) is 25.5 Å². The van der Waals surface area contributed by atoms with Gasteiger partial charge in [-0.3, -0.25) is 0 Å². The molecule has 0 spiro atoms. The number of nitrogens with one attached hydrogen (secondary N) is 1. The molecule has 6 nitrogen and oxygen atoms in total. The van der Waals surface area contributed by atoms with Gasteiger partial charge in [-0.25, -0.2) is 0 Å². The van der Waals surface area contributed by atoms with Crippen LogP contribution in [0.25, 0.3) is 11.4 Å². The number of nitrogens with zero attached hydrogens (tertiary/aromatic N) is 5. The van der Waals surface area contributed by atoms with Gasteiger partial charge in [0.2, 0.25) is 5.82 Å². The van der Waals surface area contributed by atoms with Gasteiger partial charge in [0.1, 0.15) is 0 Å². The van der Waals surface area contributed by atoms with E-state index in [0.717, 1.165) is 18.7 Å². The molecule has 0 amide bonds. The lowest BCUT2D eigenvalue weighted by Gasteiger charge is -2.42. The fourth-order valence-corrected chi connectivity index (χ4v) is 4.97. The van der Waals surface area contributed by atoms with Gasteiger partial charge in [-0.15, -0.1) is 10.2 Å². The Labute approximate surface area is 156 Å². The maximum atomic E-state index is 4.12. The normalized spacial score (nSPS) is 17.8. The molecule has 132 valence electrons. The van der Waals surface area contributed by atoms with Gasteiger partial charge >= 0.3 is 0 Å². The Morgan fingerprint density at radius 3 is 2.65 bits per heavy atom. The Morgan fingerprint density at radius 2 is 1.85 bits per heavy atom. The number of H-pyrrole nitrogens is 1. The lowest BCUT2D eigenvalue weighted by molar-refractivity contribution is 0.255. The molecule has 5 rings (SSSR count). The molecule has 1 fully saturated rings. The molecule has 3 aromatic rings. The molecule has 1 aromatic heterocycles. The number of rotatable bonds is 2. The van der Waals surface area contributed by atoms with Crippen LogP contribution in [-0.4, -0.2) is 51.7 Å². The minimum atomic E-state index is 0.531. The summed E-state index contributed by atoms with van der Waals surface area (Å²) in [7, 11) is 2.21. The van der Waals surface area contributed by atoms with Crippen molar-refractivity contribution in [3.8, 4) is 11.4 Å². The van der Waals surface area contributed by atoms with Crippen molar-refractivity contribution in [1.29, 1.82) is 0 Å². The maximum absolute atomic E-state index is 4.12. The third-order valence-corrected chi connectivity index (χ3v) is 6.33. The fourth-order valence-electron chi connectivity index (χ4n) is 3.86. The van der Waals surface area contributed by atoms with Crippen LogP contribution in [0.1, 0.15) is 12.8 Å². The van der Waals surface area contributed by atoms with Gasteiger partial charge in [-0.05, 0) is 68.5 Å². The van der Waals surface area contributed by atoms with Crippen LogP contribution in [0.2, 0.25) is 0 Å². The summed E-state index contributed by atoms with van der Waals surface area (Å²) in [4.78, 5) is 7.53. The first-order valence-corrected chi connectivity index (χ1v) is 9.74. The number of hydrogen-bond acceptors (Lipinski definition) is 6. The van der Waals surface area contributed by atoms with E-state index in [4.69, 9.17) is 0 Å². The number of aromatic nitrogens is 4. The molecule has 0 atom stereocenters. The van der Waals surface area contributed by atoms with Crippen LogP contribution in [0.3, 0.4) is 0 Å². The standard InChI is InChI=1S/C19H20N6S/c1-24-10-8-14(9-11-24)25-15-4-2-3-5-17(15)26-18-12-13(6-7-16(18)25)19-20-22-23-21-19/h2-7,12,14H,8-11H2,1H3,(H,20,21,22,23). The number of piperidine rings is 1. The summed E-state index contributed by atoms with van der Waals surface area (Å²) in [6.45, 7) is 2.29. The van der Waals surface area contributed by atoms with E-state index >= 15 is 0 Å². The molecule has 1 saturated heterocycles. The molecule has 7 heteroatoms. The molecule has 0 radical (unpaired) electrons. The smallest absolute Gasteiger partial charge is 0.204 e. The highest BCUT2D eigenvalue weighted by Gasteiger charge is 2.31. The SMILES string of the molecule is CN1CCC(N2c3ccccc3Sc3cc(-c4nn[nH]n4)ccc32)CC1. The zero-order valence-electron chi connectivity index (χ0n) is 14.6. The highest BCUT2D eigenvalue weighted by molar-refractivity contribution is 7.99. The Balaban J connectivity index is 1.59. The molecule has 2 aliphatic heterocycles. The monoisotopic (exact) mass is 364 g/mol. The van der Waals surface area contributed by atoms with Crippen LogP contribution < -0.4 is 4.90 Å². The molecular formula is C19H20N6S. The Hall–Kier alpha value is -2.38. The topological polar surface area (TPSA) is 60.9 Å². The van der Waals surface area contributed by atoms with Crippen molar-refractivity contribution in [2.45, 2.75) is 28.7 Å². The Morgan fingerprint density at radius 1 is 1.04 bits per heavy atom. The highest BCUT2D eigenvalue weighted by Crippen LogP contribution is 2.50. The van der Waals surface area contributed by atoms with E-state index in [0.29, 0.717) is 11.9 Å². The van der Waals surface area contributed by atoms with Gasteiger partial charge in [-0.1, -0.05) is 23.9 Å². The maximum Gasteiger partial charge on any atom is 0.204 e. The van der Waals surface area contributed by atoms with Crippen LogP contribution in [-0.2, 0) is 0 Å². The summed E-state index contributed by atoms with van der Waals surface area (Å²) >= 11 is 1.82. The van der Waals surface area contributed by atoms with Crippen LogP contribution in [0.5, 0.6) is 0 Å². The second-order valence-corrected chi connectivity index (χ2v) is 7.98. The van der Waals surface area contributed by atoms with Crippen molar-refractivity contribution in [3.63, 3.8) is 0 Å².